The van der Waals surface area contributed by atoms with Crippen molar-refractivity contribution in [2.45, 2.75) is 19.9 Å². The molecular formula is C23H33IN4O. The summed E-state index contributed by atoms with van der Waals surface area (Å²) in [6.45, 7) is 6.03. The number of aliphatic imine (C=N–C) groups is 1. The van der Waals surface area contributed by atoms with Crippen LogP contribution in [-0.4, -0.2) is 51.7 Å². The van der Waals surface area contributed by atoms with E-state index in [1.54, 1.807) is 7.11 Å². The van der Waals surface area contributed by atoms with E-state index in [1.807, 2.05) is 19.2 Å². The van der Waals surface area contributed by atoms with Crippen LogP contribution in [-0.2, 0) is 6.54 Å². The molecule has 0 aliphatic carbocycles. The van der Waals surface area contributed by atoms with Crippen LogP contribution >= 0.6 is 24.0 Å². The summed E-state index contributed by atoms with van der Waals surface area (Å²) in [4.78, 5) is 9.09. The minimum Gasteiger partial charge on any atom is -0.495 e. The molecule has 0 amide bonds. The molecule has 1 N–H and O–H groups in total. The maximum atomic E-state index is 5.52. The molecule has 158 valence electrons. The molecule has 0 bridgehead atoms. The lowest BCUT2D eigenvalue weighted by Gasteiger charge is -2.25. The number of methoxy groups -OCH3 is 1. The van der Waals surface area contributed by atoms with Gasteiger partial charge in [-0.2, -0.15) is 0 Å². The van der Waals surface area contributed by atoms with E-state index in [-0.39, 0.29) is 24.0 Å². The second kappa shape index (κ2) is 11.3. The van der Waals surface area contributed by atoms with Crippen molar-refractivity contribution in [1.29, 1.82) is 0 Å². The molecule has 0 saturated carbocycles. The Kier molecular flexibility index (Phi) is 9.07. The molecule has 1 fully saturated rings. The highest BCUT2D eigenvalue weighted by molar-refractivity contribution is 14.0. The number of hydrogen-bond donors (Lipinski definition) is 1. The van der Waals surface area contributed by atoms with Crippen LogP contribution in [0.1, 0.15) is 17.5 Å². The fourth-order valence-electron chi connectivity index (χ4n) is 3.85. The van der Waals surface area contributed by atoms with E-state index < -0.39 is 0 Å². The monoisotopic (exact) mass is 508 g/mol. The van der Waals surface area contributed by atoms with Crippen molar-refractivity contribution in [3.8, 4) is 5.75 Å². The normalized spacial score (nSPS) is 16.3. The van der Waals surface area contributed by atoms with Crippen LogP contribution < -0.4 is 15.0 Å². The molecule has 1 saturated heterocycles. The molecular weight excluding hydrogens is 475 g/mol. The zero-order valence-electron chi connectivity index (χ0n) is 17.9. The van der Waals surface area contributed by atoms with Crippen LogP contribution in [0.2, 0.25) is 0 Å². The van der Waals surface area contributed by atoms with Crippen LogP contribution in [0.5, 0.6) is 5.75 Å². The predicted molar refractivity (Wildman–Crippen MR) is 133 cm³/mol. The number of hydrogen-bond acceptors (Lipinski definition) is 3. The zero-order chi connectivity index (χ0) is 19.9. The second-order valence-electron chi connectivity index (χ2n) is 7.48. The first-order valence-electron chi connectivity index (χ1n) is 9.96. The summed E-state index contributed by atoms with van der Waals surface area (Å²) in [5.74, 6) is 2.48. The lowest BCUT2D eigenvalue weighted by molar-refractivity contribution is 0.414. The SMILES string of the molecule is CN=C(NCC1CCN(c2ccccc2OC)C1)N(C)Cc1ccccc1C.I. The van der Waals surface area contributed by atoms with Gasteiger partial charge in [-0.1, -0.05) is 36.4 Å². The smallest absolute Gasteiger partial charge is 0.193 e. The fourth-order valence-corrected chi connectivity index (χ4v) is 3.85. The summed E-state index contributed by atoms with van der Waals surface area (Å²) >= 11 is 0. The minimum absolute atomic E-state index is 0. The van der Waals surface area contributed by atoms with Crippen LogP contribution in [0.3, 0.4) is 0 Å². The highest BCUT2D eigenvalue weighted by Gasteiger charge is 2.25. The van der Waals surface area contributed by atoms with E-state index in [2.05, 4.69) is 70.5 Å². The molecule has 0 aromatic heterocycles. The van der Waals surface area contributed by atoms with Gasteiger partial charge in [0.1, 0.15) is 5.75 Å². The summed E-state index contributed by atoms with van der Waals surface area (Å²) in [5.41, 5.74) is 3.83. The van der Waals surface area contributed by atoms with Gasteiger partial charge in [0.15, 0.2) is 5.96 Å². The third-order valence-electron chi connectivity index (χ3n) is 5.50. The molecule has 1 aliphatic heterocycles. The molecule has 0 spiro atoms. The molecule has 6 heteroatoms. The first-order chi connectivity index (χ1) is 13.6. The van der Waals surface area contributed by atoms with Gasteiger partial charge in [0.2, 0.25) is 0 Å². The Labute approximate surface area is 192 Å². The third kappa shape index (κ3) is 6.01. The summed E-state index contributed by atoms with van der Waals surface area (Å²) in [7, 11) is 5.69. The van der Waals surface area contributed by atoms with E-state index >= 15 is 0 Å². The number of rotatable bonds is 6. The van der Waals surface area contributed by atoms with Gasteiger partial charge < -0.3 is 19.9 Å². The van der Waals surface area contributed by atoms with Gasteiger partial charge in [-0.05, 0) is 42.5 Å². The zero-order valence-corrected chi connectivity index (χ0v) is 20.2. The van der Waals surface area contributed by atoms with Crippen molar-refractivity contribution < 1.29 is 4.74 Å². The first-order valence-corrected chi connectivity index (χ1v) is 9.96. The van der Waals surface area contributed by atoms with E-state index in [0.29, 0.717) is 5.92 Å². The average Bonchev–Trinajstić information content (AvgIpc) is 3.19. The van der Waals surface area contributed by atoms with Gasteiger partial charge in [-0.25, -0.2) is 0 Å². The number of para-hydroxylation sites is 2. The maximum Gasteiger partial charge on any atom is 0.193 e. The number of anilines is 1. The van der Waals surface area contributed by atoms with E-state index in [9.17, 15) is 0 Å². The van der Waals surface area contributed by atoms with E-state index in [0.717, 1.165) is 37.9 Å². The van der Waals surface area contributed by atoms with Crippen LogP contribution in [0.15, 0.2) is 53.5 Å². The molecule has 2 aromatic carbocycles. The van der Waals surface area contributed by atoms with Crippen LogP contribution in [0, 0.1) is 12.8 Å². The molecule has 1 atom stereocenters. The standard InChI is InChI=1S/C23H32N4O.HI/c1-18-9-5-6-10-20(18)17-26(3)23(24-2)25-15-19-13-14-27(16-19)21-11-7-8-12-22(21)28-4;/h5-12,19H,13-17H2,1-4H3,(H,24,25);1H. The largest absolute Gasteiger partial charge is 0.495 e. The van der Waals surface area contributed by atoms with Gasteiger partial charge in [0.05, 0.1) is 12.8 Å². The van der Waals surface area contributed by atoms with Crippen molar-refractivity contribution in [3.05, 3.63) is 59.7 Å². The van der Waals surface area contributed by atoms with Gasteiger partial charge in [0, 0.05) is 40.3 Å². The highest BCUT2D eigenvalue weighted by atomic mass is 127. The van der Waals surface area contributed by atoms with Gasteiger partial charge in [-0.15, -0.1) is 24.0 Å². The number of guanidine groups is 1. The molecule has 1 aliphatic rings. The maximum absolute atomic E-state index is 5.52. The Morgan fingerprint density at radius 3 is 2.66 bits per heavy atom. The third-order valence-corrected chi connectivity index (χ3v) is 5.50. The first kappa shape index (κ1) is 23.3. The van der Waals surface area contributed by atoms with E-state index in [1.165, 1.54) is 23.2 Å². The molecule has 2 aromatic rings. The van der Waals surface area contributed by atoms with E-state index in [4.69, 9.17) is 4.74 Å². The Balaban J connectivity index is 0.00000300. The number of ether oxygens (including phenoxy) is 1. The summed E-state index contributed by atoms with van der Waals surface area (Å²) in [6, 6.07) is 16.8. The summed E-state index contributed by atoms with van der Waals surface area (Å²) < 4.78 is 5.52. The number of nitrogens with zero attached hydrogens (tertiary/aromatic N) is 3. The second-order valence-corrected chi connectivity index (χ2v) is 7.48. The van der Waals surface area contributed by atoms with Crippen molar-refractivity contribution in [2.24, 2.45) is 10.9 Å². The molecule has 5 nitrogen and oxygen atoms in total. The van der Waals surface area contributed by atoms with Crippen molar-refractivity contribution >= 4 is 35.6 Å². The van der Waals surface area contributed by atoms with Crippen molar-refractivity contribution in [1.82, 2.24) is 10.2 Å². The number of aryl methyl sites for hydroxylation is 1. The Morgan fingerprint density at radius 1 is 1.21 bits per heavy atom. The summed E-state index contributed by atoms with van der Waals surface area (Å²) in [6.07, 6.45) is 1.17. The molecule has 3 rings (SSSR count). The van der Waals surface area contributed by atoms with Crippen LogP contribution in [0.4, 0.5) is 5.69 Å². The number of halogens is 1. The van der Waals surface area contributed by atoms with Gasteiger partial charge in [-0.3, -0.25) is 4.99 Å². The van der Waals surface area contributed by atoms with Crippen molar-refractivity contribution in [2.75, 3.05) is 45.7 Å². The fraction of sp³-hybridized carbons (Fsp3) is 0.435. The number of benzene rings is 2. The van der Waals surface area contributed by atoms with Crippen molar-refractivity contribution in [3.63, 3.8) is 0 Å². The molecule has 29 heavy (non-hydrogen) atoms. The quantitative estimate of drug-likeness (QED) is 0.362. The molecule has 1 heterocycles. The topological polar surface area (TPSA) is 40.1 Å². The van der Waals surface area contributed by atoms with Crippen LogP contribution in [0.25, 0.3) is 0 Å². The Morgan fingerprint density at radius 2 is 1.93 bits per heavy atom. The van der Waals surface area contributed by atoms with Gasteiger partial charge >= 0.3 is 0 Å². The predicted octanol–water partition coefficient (Wildman–Crippen LogP) is 4.16. The molecule has 1 unspecified atom stereocenters. The average molecular weight is 508 g/mol. The van der Waals surface area contributed by atoms with Gasteiger partial charge in [0.25, 0.3) is 0 Å². The lowest BCUT2D eigenvalue weighted by atomic mass is 10.1. The Hall–Kier alpha value is -1.96. The molecule has 0 radical (unpaired) electrons. The number of nitrogens with one attached hydrogen (secondary N) is 1. The minimum atomic E-state index is 0. The lowest BCUT2D eigenvalue weighted by Crippen LogP contribution is -2.41. The highest BCUT2D eigenvalue weighted by Crippen LogP contribution is 2.31. The Bertz CT molecular complexity index is 811. The summed E-state index contributed by atoms with van der Waals surface area (Å²) in [5, 5.41) is 3.57.